The number of piperidine rings is 1. The first-order valence-electron chi connectivity index (χ1n) is 10.1. The monoisotopic (exact) mass is 384 g/mol. The molecule has 0 spiro atoms. The predicted octanol–water partition coefficient (Wildman–Crippen LogP) is 2.89. The summed E-state index contributed by atoms with van der Waals surface area (Å²) in [7, 11) is 0. The maximum Gasteiger partial charge on any atom is 0.355 e. The summed E-state index contributed by atoms with van der Waals surface area (Å²) < 4.78 is 5.26. The summed E-state index contributed by atoms with van der Waals surface area (Å²) in [5, 5.41) is 2.50. The van der Waals surface area contributed by atoms with Gasteiger partial charge in [-0.25, -0.2) is 4.79 Å². The van der Waals surface area contributed by atoms with E-state index >= 15 is 0 Å². The van der Waals surface area contributed by atoms with Gasteiger partial charge >= 0.3 is 5.97 Å². The van der Waals surface area contributed by atoms with Gasteiger partial charge in [-0.3, -0.25) is 9.59 Å². The summed E-state index contributed by atoms with van der Waals surface area (Å²) >= 11 is 0. The quantitative estimate of drug-likeness (QED) is 0.626. The van der Waals surface area contributed by atoms with E-state index in [9.17, 15) is 14.4 Å². The average molecular weight is 384 g/mol. The lowest BCUT2D eigenvalue weighted by Crippen LogP contribution is -2.51. The summed E-state index contributed by atoms with van der Waals surface area (Å²) in [6, 6.07) is 9.45. The number of carbonyl (C=O) groups excluding carboxylic acids is 3. The second kappa shape index (κ2) is 9.53. The van der Waals surface area contributed by atoms with E-state index in [0.29, 0.717) is 5.92 Å². The van der Waals surface area contributed by atoms with E-state index < -0.39 is 5.97 Å². The summed E-state index contributed by atoms with van der Waals surface area (Å²) in [5.41, 5.74) is 0.788. The van der Waals surface area contributed by atoms with Gasteiger partial charge in [0, 0.05) is 19.5 Å². The number of nitrogens with zero attached hydrogens (tertiary/aromatic N) is 1. The van der Waals surface area contributed by atoms with Gasteiger partial charge in [-0.15, -0.1) is 0 Å². The van der Waals surface area contributed by atoms with Crippen molar-refractivity contribution in [3.8, 4) is 0 Å². The van der Waals surface area contributed by atoms with Gasteiger partial charge in [0.2, 0.25) is 5.91 Å². The van der Waals surface area contributed by atoms with E-state index in [2.05, 4.69) is 5.32 Å². The fourth-order valence-electron chi connectivity index (χ4n) is 4.27. The minimum atomic E-state index is -0.704. The first-order valence-corrected chi connectivity index (χ1v) is 10.1. The summed E-state index contributed by atoms with van der Waals surface area (Å²) in [4.78, 5) is 38.5. The van der Waals surface area contributed by atoms with Crippen molar-refractivity contribution in [1.82, 2.24) is 10.2 Å². The molecule has 6 heteroatoms. The van der Waals surface area contributed by atoms with Crippen molar-refractivity contribution >= 4 is 23.9 Å². The molecule has 2 aliphatic rings. The molecule has 1 aromatic rings. The second-order valence-corrected chi connectivity index (χ2v) is 7.57. The number of nitrogens with one attached hydrogen (secondary N) is 1. The fourth-order valence-corrected chi connectivity index (χ4v) is 4.27. The third-order valence-corrected chi connectivity index (χ3v) is 5.53. The lowest BCUT2D eigenvalue weighted by Gasteiger charge is -2.44. The summed E-state index contributed by atoms with van der Waals surface area (Å²) in [5.74, 6) is -0.641. The van der Waals surface area contributed by atoms with Crippen molar-refractivity contribution < 1.29 is 19.1 Å². The molecule has 1 aromatic carbocycles. The number of hydrogen-bond acceptors (Lipinski definition) is 4. The van der Waals surface area contributed by atoms with Crippen LogP contribution >= 0.6 is 0 Å². The molecular weight excluding hydrogens is 356 g/mol. The first kappa shape index (κ1) is 20.1. The zero-order valence-electron chi connectivity index (χ0n) is 16.4. The van der Waals surface area contributed by atoms with Crippen LogP contribution in [0.3, 0.4) is 0 Å². The molecule has 0 aromatic heterocycles. The molecule has 1 heterocycles. The second-order valence-electron chi connectivity index (χ2n) is 7.57. The molecular formula is C22H28N2O4. The van der Waals surface area contributed by atoms with Gasteiger partial charge in [0.05, 0.1) is 0 Å². The minimum absolute atomic E-state index is 0.0284. The van der Waals surface area contributed by atoms with E-state index in [1.165, 1.54) is 26.2 Å². The molecule has 1 saturated heterocycles. The van der Waals surface area contributed by atoms with Crippen LogP contribution < -0.4 is 5.32 Å². The Kier molecular flexibility index (Phi) is 6.85. The van der Waals surface area contributed by atoms with E-state index in [1.54, 1.807) is 6.08 Å². The van der Waals surface area contributed by atoms with E-state index in [-0.39, 0.29) is 30.2 Å². The van der Waals surface area contributed by atoms with Crippen LogP contribution in [0.1, 0.15) is 51.0 Å². The van der Waals surface area contributed by atoms with Gasteiger partial charge in [-0.1, -0.05) is 43.2 Å². The number of amides is 2. The van der Waals surface area contributed by atoms with Crippen LogP contribution in [0.15, 0.2) is 36.0 Å². The lowest BCUT2D eigenvalue weighted by molar-refractivity contribution is -0.152. The Morgan fingerprint density at radius 3 is 2.57 bits per heavy atom. The number of ether oxygens (including phenoxy) is 1. The van der Waals surface area contributed by atoms with Crippen LogP contribution in [-0.2, 0) is 19.1 Å². The highest BCUT2D eigenvalue weighted by atomic mass is 16.5. The molecule has 2 amide bonds. The molecule has 2 atom stereocenters. The molecule has 1 aliphatic carbocycles. The van der Waals surface area contributed by atoms with Crippen LogP contribution in [0.2, 0.25) is 0 Å². The van der Waals surface area contributed by atoms with Gasteiger partial charge < -0.3 is 15.0 Å². The molecule has 150 valence electrons. The van der Waals surface area contributed by atoms with E-state index in [4.69, 9.17) is 4.74 Å². The van der Waals surface area contributed by atoms with E-state index in [0.717, 1.165) is 31.4 Å². The molecule has 0 radical (unpaired) electrons. The third-order valence-electron chi connectivity index (χ3n) is 5.53. The summed E-state index contributed by atoms with van der Waals surface area (Å²) in [6.45, 7) is 1.76. The maximum atomic E-state index is 12.7. The maximum absolute atomic E-state index is 12.7. The van der Waals surface area contributed by atoms with Crippen LogP contribution in [0, 0.1) is 5.92 Å². The SMILES string of the molecule is CC(=O)N/C(=C\c1ccccc1)C(=O)OCC(=O)N1CCC[C@H]2CCCC[C@H]21. The van der Waals surface area contributed by atoms with Crippen LogP contribution in [0.25, 0.3) is 6.08 Å². The van der Waals surface area contributed by atoms with E-state index in [1.807, 2.05) is 35.2 Å². The first-order chi connectivity index (χ1) is 13.5. The lowest BCUT2D eigenvalue weighted by atomic mass is 9.78. The Morgan fingerprint density at radius 1 is 1.11 bits per heavy atom. The van der Waals surface area contributed by atoms with Crippen LogP contribution in [-0.4, -0.2) is 41.9 Å². The van der Waals surface area contributed by atoms with Crippen molar-refractivity contribution in [3.05, 3.63) is 41.6 Å². The molecule has 6 nitrogen and oxygen atoms in total. The number of benzene rings is 1. The Morgan fingerprint density at radius 2 is 1.82 bits per heavy atom. The van der Waals surface area contributed by atoms with Crippen LogP contribution in [0.4, 0.5) is 0 Å². The number of fused-ring (bicyclic) bond motifs is 1. The summed E-state index contributed by atoms with van der Waals surface area (Å²) in [6.07, 6.45) is 8.34. The number of carbonyl (C=O) groups is 3. The largest absolute Gasteiger partial charge is 0.451 e. The standard InChI is InChI=1S/C22H28N2O4/c1-16(25)23-19(14-17-8-3-2-4-9-17)22(27)28-15-21(26)24-13-7-11-18-10-5-6-12-20(18)24/h2-4,8-9,14,18,20H,5-7,10-13,15H2,1H3,(H,23,25)/b19-14-/t18-,20-/m1/s1. The molecule has 1 saturated carbocycles. The number of rotatable bonds is 5. The Bertz CT molecular complexity index is 742. The highest BCUT2D eigenvalue weighted by Crippen LogP contribution is 2.35. The molecule has 0 bridgehead atoms. The Labute approximate surface area is 165 Å². The topological polar surface area (TPSA) is 75.7 Å². The van der Waals surface area contributed by atoms with Crippen LogP contribution in [0.5, 0.6) is 0 Å². The van der Waals surface area contributed by atoms with Crippen molar-refractivity contribution in [2.45, 2.75) is 51.5 Å². The third kappa shape index (κ3) is 5.21. The van der Waals surface area contributed by atoms with Gasteiger partial charge in [0.15, 0.2) is 6.61 Å². The van der Waals surface area contributed by atoms with Gasteiger partial charge in [-0.05, 0) is 43.2 Å². The highest BCUT2D eigenvalue weighted by Gasteiger charge is 2.35. The predicted molar refractivity (Wildman–Crippen MR) is 106 cm³/mol. The normalized spacial score (nSPS) is 22.2. The number of esters is 1. The molecule has 1 N–H and O–H groups in total. The Hall–Kier alpha value is -2.63. The molecule has 28 heavy (non-hydrogen) atoms. The minimum Gasteiger partial charge on any atom is -0.451 e. The zero-order chi connectivity index (χ0) is 19.9. The molecule has 2 fully saturated rings. The number of likely N-dealkylation sites (tertiary alicyclic amines) is 1. The van der Waals surface area contributed by atoms with Crippen molar-refractivity contribution in [2.75, 3.05) is 13.2 Å². The smallest absolute Gasteiger partial charge is 0.355 e. The Balaban J connectivity index is 1.62. The highest BCUT2D eigenvalue weighted by molar-refractivity contribution is 5.98. The van der Waals surface area contributed by atoms with Gasteiger partial charge in [0.25, 0.3) is 5.91 Å². The fraction of sp³-hybridized carbons (Fsp3) is 0.500. The molecule has 1 aliphatic heterocycles. The average Bonchev–Trinajstić information content (AvgIpc) is 2.71. The zero-order valence-corrected chi connectivity index (χ0v) is 16.4. The van der Waals surface area contributed by atoms with Gasteiger partial charge in [0.1, 0.15) is 5.70 Å². The number of hydrogen-bond donors (Lipinski definition) is 1. The molecule has 3 rings (SSSR count). The molecule has 0 unspecified atom stereocenters. The van der Waals surface area contributed by atoms with Crippen molar-refractivity contribution in [3.63, 3.8) is 0 Å². The van der Waals surface area contributed by atoms with Crippen molar-refractivity contribution in [2.24, 2.45) is 5.92 Å². The van der Waals surface area contributed by atoms with Gasteiger partial charge in [-0.2, -0.15) is 0 Å². The van der Waals surface area contributed by atoms with Crippen molar-refractivity contribution in [1.29, 1.82) is 0 Å².